The summed E-state index contributed by atoms with van der Waals surface area (Å²) < 4.78 is 45.2. The third-order valence-corrected chi connectivity index (χ3v) is 4.08. The van der Waals surface area contributed by atoms with Crippen molar-refractivity contribution < 1.29 is 17.5 Å². The minimum Gasteiger partial charge on any atom is -0.494 e. The highest BCUT2D eigenvalue weighted by Crippen LogP contribution is 2.21. The van der Waals surface area contributed by atoms with Crippen molar-refractivity contribution in [2.45, 2.75) is 11.8 Å². The molecule has 2 rings (SSSR count). The molecule has 112 valence electrons. The second-order valence-electron chi connectivity index (χ2n) is 4.25. The van der Waals surface area contributed by atoms with E-state index in [1.54, 1.807) is 24.3 Å². The van der Waals surface area contributed by atoms with Crippen LogP contribution in [0.2, 0.25) is 0 Å². The van der Waals surface area contributed by atoms with Gasteiger partial charge in [-0.2, -0.15) is 0 Å². The number of rotatable bonds is 5. The van der Waals surface area contributed by atoms with Crippen LogP contribution in [-0.4, -0.2) is 15.0 Å². The summed E-state index contributed by atoms with van der Waals surface area (Å²) in [5, 5.41) is 0. The Hall–Kier alpha value is -2.28. The SMILES string of the molecule is CCOc1ccc(NS(=O)(=O)c2ccc(N)c(F)c2)cc1. The summed E-state index contributed by atoms with van der Waals surface area (Å²) in [5.41, 5.74) is 5.58. The van der Waals surface area contributed by atoms with Crippen LogP contribution in [0.25, 0.3) is 0 Å². The van der Waals surface area contributed by atoms with Gasteiger partial charge in [0, 0.05) is 5.69 Å². The van der Waals surface area contributed by atoms with Gasteiger partial charge in [0.25, 0.3) is 10.0 Å². The molecule has 0 saturated heterocycles. The Morgan fingerprint density at radius 3 is 2.43 bits per heavy atom. The van der Waals surface area contributed by atoms with Crippen LogP contribution in [0.5, 0.6) is 5.75 Å². The lowest BCUT2D eigenvalue weighted by atomic mass is 10.3. The van der Waals surface area contributed by atoms with Crippen molar-refractivity contribution in [3.63, 3.8) is 0 Å². The lowest BCUT2D eigenvalue weighted by Gasteiger charge is -2.09. The highest BCUT2D eigenvalue weighted by atomic mass is 32.2. The van der Waals surface area contributed by atoms with Crippen molar-refractivity contribution in [3.05, 3.63) is 48.3 Å². The molecule has 0 aliphatic carbocycles. The van der Waals surface area contributed by atoms with Gasteiger partial charge < -0.3 is 10.5 Å². The topological polar surface area (TPSA) is 81.4 Å². The molecule has 0 heterocycles. The molecule has 0 radical (unpaired) electrons. The molecule has 0 atom stereocenters. The third kappa shape index (κ3) is 3.63. The summed E-state index contributed by atoms with van der Waals surface area (Å²) >= 11 is 0. The van der Waals surface area contributed by atoms with E-state index in [1.165, 1.54) is 12.1 Å². The summed E-state index contributed by atoms with van der Waals surface area (Å²) in [7, 11) is -3.86. The molecular weight excluding hydrogens is 295 g/mol. The Morgan fingerprint density at radius 1 is 1.19 bits per heavy atom. The van der Waals surface area contributed by atoms with E-state index >= 15 is 0 Å². The van der Waals surface area contributed by atoms with Gasteiger partial charge >= 0.3 is 0 Å². The molecule has 0 bridgehead atoms. The van der Waals surface area contributed by atoms with E-state index in [9.17, 15) is 12.8 Å². The summed E-state index contributed by atoms with van der Waals surface area (Å²) in [6.07, 6.45) is 0. The van der Waals surface area contributed by atoms with E-state index in [2.05, 4.69) is 4.72 Å². The Kier molecular flexibility index (Phi) is 4.32. The number of halogens is 1. The summed E-state index contributed by atoms with van der Waals surface area (Å²) in [6.45, 7) is 2.38. The average Bonchev–Trinajstić information content (AvgIpc) is 2.44. The van der Waals surface area contributed by atoms with Crippen molar-refractivity contribution in [2.24, 2.45) is 0 Å². The number of hydrogen-bond donors (Lipinski definition) is 2. The second kappa shape index (κ2) is 6.01. The van der Waals surface area contributed by atoms with Gasteiger partial charge in [0.1, 0.15) is 11.6 Å². The number of hydrogen-bond acceptors (Lipinski definition) is 4. The van der Waals surface area contributed by atoms with E-state index in [-0.39, 0.29) is 10.6 Å². The predicted octanol–water partition coefficient (Wildman–Crippen LogP) is 2.61. The monoisotopic (exact) mass is 310 g/mol. The molecule has 3 N–H and O–H groups in total. The van der Waals surface area contributed by atoms with Crippen LogP contribution in [-0.2, 0) is 10.0 Å². The molecule has 5 nitrogen and oxygen atoms in total. The van der Waals surface area contributed by atoms with E-state index in [0.29, 0.717) is 18.0 Å². The molecule has 0 aliphatic rings. The van der Waals surface area contributed by atoms with Gasteiger partial charge in [-0.1, -0.05) is 0 Å². The summed E-state index contributed by atoms with van der Waals surface area (Å²) in [4.78, 5) is -0.192. The highest BCUT2D eigenvalue weighted by Gasteiger charge is 2.16. The molecule has 0 aliphatic heterocycles. The van der Waals surface area contributed by atoms with Crippen LogP contribution in [0.3, 0.4) is 0 Å². The maximum absolute atomic E-state index is 13.4. The van der Waals surface area contributed by atoms with Gasteiger partial charge in [0.05, 0.1) is 17.2 Å². The number of ether oxygens (including phenoxy) is 1. The maximum Gasteiger partial charge on any atom is 0.261 e. The smallest absolute Gasteiger partial charge is 0.261 e. The van der Waals surface area contributed by atoms with Gasteiger partial charge in [0.2, 0.25) is 0 Å². The number of sulfonamides is 1. The van der Waals surface area contributed by atoms with Crippen LogP contribution in [0.15, 0.2) is 47.4 Å². The quantitative estimate of drug-likeness (QED) is 0.832. The second-order valence-corrected chi connectivity index (χ2v) is 5.93. The molecule has 2 aromatic carbocycles. The minimum atomic E-state index is -3.86. The number of nitrogen functional groups attached to an aromatic ring is 1. The third-order valence-electron chi connectivity index (χ3n) is 2.70. The summed E-state index contributed by atoms with van der Waals surface area (Å²) in [5.74, 6) is -0.136. The highest BCUT2D eigenvalue weighted by molar-refractivity contribution is 7.92. The molecule has 7 heteroatoms. The van der Waals surface area contributed by atoms with Gasteiger partial charge in [0.15, 0.2) is 0 Å². The average molecular weight is 310 g/mol. The largest absolute Gasteiger partial charge is 0.494 e. The number of anilines is 2. The number of nitrogens with one attached hydrogen (secondary N) is 1. The molecule has 0 aromatic heterocycles. The van der Waals surface area contributed by atoms with E-state index in [1.807, 2.05) is 6.92 Å². The molecule has 2 aromatic rings. The fourth-order valence-electron chi connectivity index (χ4n) is 1.67. The Balaban J connectivity index is 2.22. The maximum atomic E-state index is 13.4. The van der Waals surface area contributed by atoms with Crippen molar-refractivity contribution in [1.82, 2.24) is 0 Å². The van der Waals surface area contributed by atoms with Gasteiger partial charge in [-0.3, -0.25) is 4.72 Å². The molecule has 0 fully saturated rings. The first kappa shape index (κ1) is 15.1. The minimum absolute atomic E-state index is 0.102. The first-order valence-electron chi connectivity index (χ1n) is 6.23. The van der Waals surface area contributed by atoms with E-state index < -0.39 is 15.8 Å². The van der Waals surface area contributed by atoms with Crippen LogP contribution in [0.4, 0.5) is 15.8 Å². The van der Waals surface area contributed by atoms with Crippen LogP contribution >= 0.6 is 0 Å². The van der Waals surface area contributed by atoms with Gasteiger partial charge in [-0.05, 0) is 49.4 Å². The van der Waals surface area contributed by atoms with Crippen LogP contribution in [0.1, 0.15) is 6.92 Å². The zero-order valence-electron chi connectivity index (χ0n) is 11.3. The lowest BCUT2D eigenvalue weighted by Crippen LogP contribution is -2.13. The Morgan fingerprint density at radius 2 is 1.86 bits per heavy atom. The van der Waals surface area contributed by atoms with Crippen molar-refractivity contribution in [3.8, 4) is 5.75 Å². The Labute approximate surface area is 122 Å². The van der Waals surface area contributed by atoms with Crippen molar-refractivity contribution in [1.29, 1.82) is 0 Å². The normalized spacial score (nSPS) is 11.1. The molecular formula is C14H15FN2O3S. The first-order valence-corrected chi connectivity index (χ1v) is 7.71. The van der Waals surface area contributed by atoms with E-state index in [0.717, 1.165) is 6.07 Å². The van der Waals surface area contributed by atoms with Crippen molar-refractivity contribution >= 4 is 21.4 Å². The first-order chi connectivity index (χ1) is 9.92. The van der Waals surface area contributed by atoms with Crippen LogP contribution < -0.4 is 15.2 Å². The zero-order chi connectivity index (χ0) is 15.5. The van der Waals surface area contributed by atoms with E-state index in [4.69, 9.17) is 10.5 Å². The van der Waals surface area contributed by atoms with Gasteiger partial charge in [-0.25, -0.2) is 12.8 Å². The Bertz CT molecular complexity index is 730. The molecule has 0 saturated carbocycles. The molecule has 0 spiro atoms. The van der Waals surface area contributed by atoms with Crippen LogP contribution in [0, 0.1) is 5.82 Å². The lowest BCUT2D eigenvalue weighted by molar-refractivity contribution is 0.340. The molecule has 21 heavy (non-hydrogen) atoms. The van der Waals surface area contributed by atoms with Crippen molar-refractivity contribution in [2.75, 3.05) is 17.1 Å². The fourth-order valence-corrected chi connectivity index (χ4v) is 2.75. The fraction of sp³-hybridized carbons (Fsp3) is 0.143. The zero-order valence-corrected chi connectivity index (χ0v) is 12.2. The standard InChI is InChI=1S/C14H15FN2O3S/c1-2-20-11-5-3-10(4-6-11)17-21(18,19)12-7-8-14(16)13(15)9-12/h3-9,17H,2,16H2,1H3. The predicted molar refractivity (Wildman–Crippen MR) is 79.2 cm³/mol. The number of nitrogens with two attached hydrogens (primary N) is 1. The molecule has 0 unspecified atom stereocenters. The molecule has 0 amide bonds. The van der Waals surface area contributed by atoms with Gasteiger partial charge in [-0.15, -0.1) is 0 Å². The number of benzene rings is 2. The summed E-state index contributed by atoms with van der Waals surface area (Å²) in [6, 6.07) is 9.76.